The first-order valence-corrected chi connectivity index (χ1v) is 4.75. The van der Waals surface area contributed by atoms with Gasteiger partial charge in [-0.25, -0.2) is 0 Å². The van der Waals surface area contributed by atoms with E-state index in [1.165, 1.54) is 0 Å². The fourth-order valence-corrected chi connectivity index (χ4v) is 1.70. The van der Waals surface area contributed by atoms with Crippen LogP contribution in [0.15, 0.2) is 12.1 Å². The molecule has 0 aromatic heterocycles. The lowest BCUT2D eigenvalue weighted by molar-refractivity contribution is -0.116. The van der Waals surface area contributed by atoms with Crippen molar-refractivity contribution in [2.45, 2.75) is 13.0 Å². The second-order valence-corrected chi connectivity index (χ2v) is 3.61. The van der Waals surface area contributed by atoms with Crippen molar-refractivity contribution in [3.63, 3.8) is 0 Å². The lowest BCUT2D eigenvalue weighted by Gasteiger charge is -2.24. The highest BCUT2D eigenvalue weighted by molar-refractivity contribution is 6.03. The van der Waals surface area contributed by atoms with Crippen LogP contribution >= 0.6 is 0 Å². The minimum absolute atomic E-state index is 0.0404. The SMILES string of the molecule is C[C@@H]1Nc2cc3c(cc2NC1=O)OCO3. The molecule has 2 heterocycles. The lowest BCUT2D eigenvalue weighted by atomic mass is 10.1. The lowest BCUT2D eigenvalue weighted by Crippen LogP contribution is -2.36. The van der Waals surface area contributed by atoms with Crippen LogP contribution in [0.4, 0.5) is 11.4 Å². The summed E-state index contributed by atoms with van der Waals surface area (Å²) in [5.41, 5.74) is 1.61. The molecule has 78 valence electrons. The Morgan fingerprint density at radius 3 is 2.67 bits per heavy atom. The van der Waals surface area contributed by atoms with Gasteiger partial charge in [0.05, 0.1) is 11.4 Å². The largest absolute Gasteiger partial charge is 0.454 e. The quantitative estimate of drug-likeness (QED) is 0.669. The van der Waals surface area contributed by atoms with E-state index in [4.69, 9.17) is 9.47 Å². The molecule has 0 spiro atoms. The molecule has 0 unspecified atom stereocenters. The first-order valence-electron chi connectivity index (χ1n) is 4.75. The summed E-state index contributed by atoms with van der Waals surface area (Å²) in [7, 11) is 0. The topological polar surface area (TPSA) is 59.6 Å². The molecule has 0 bridgehead atoms. The van der Waals surface area contributed by atoms with E-state index < -0.39 is 0 Å². The Hall–Kier alpha value is -1.91. The minimum atomic E-state index is -0.224. The van der Waals surface area contributed by atoms with E-state index in [0.717, 1.165) is 11.4 Å². The van der Waals surface area contributed by atoms with Gasteiger partial charge >= 0.3 is 0 Å². The van der Waals surface area contributed by atoms with Crippen LogP contribution in [-0.4, -0.2) is 18.7 Å². The number of amides is 1. The molecule has 15 heavy (non-hydrogen) atoms. The van der Waals surface area contributed by atoms with Gasteiger partial charge in [0, 0.05) is 12.1 Å². The number of fused-ring (bicyclic) bond motifs is 2. The summed E-state index contributed by atoms with van der Waals surface area (Å²) in [5.74, 6) is 1.34. The summed E-state index contributed by atoms with van der Waals surface area (Å²) in [4.78, 5) is 11.4. The molecule has 0 aliphatic carbocycles. The fraction of sp³-hybridized carbons (Fsp3) is 0.300. The number of carbonyl (C=O) groups excluding carboxylic acids is 1. The van der Waals surface area contributed by atoms with Crippen LogP contribution in [0, 0.1) is 0 Å². The van der Waals surface area contributed by atoms with Crippen molar-refractivity contribution in [1.29, 1.82) is 0 Å². The number of benzene rings is 1. The molecule has 1 amide bonds. The van der Waals surface area contributed by atoms with Crippen molar-refractivity contribution in [1.82, 2.24) is 0 Å². The Balaban J connectivity index is 2.07. The van der Waals surface area contributed by atoms with E-state index >= 15 is 0 Å². The number of ether oxygens (including phenoxy) is 2. The van der Waals surface area contributed by atoms with E-state index in [1.54, 1.807) is 6.07 Å². The smallest absolute Gasteiger partial charge is 0.246 e. The highest BCUT2D eigenvalue weighted by Gasteiger charge is 2.25. The van der Waals surface area contributed by atoms with Gasteiger partial charge in [-0.05, 0) is 6.92 Å². The van der Waals surface area contributed by atoms with Crippen LogP contribution in [0.5, 0.6) is 11.5 Å². The van der Waals surface area contributed by atoms with E-state index in [-0.39, 0.29) is 18.7 Å². The third-order valence-corrected chi connectivity index (χ3v) is 2.54. The monoisotopic (exact) mass is 206 g/mol. The molecule has 0 saturated carbocycles. The third-order valence-electron chi connectivity index (χ3n) is 2.54. The summed E-state index contributed by atoms with van der Waals surface area (Å²) in [6.07, 6.45) is 0. The summed E-state index contributed by atoms with van der Waals surface area (Å²) >= 11 is 0. The summed E-state index contributed by atoms with van der Waals surface area (Å²) in [6, 6.07) is 3.39. The molecule has 3 rings (SSSR count). The van der Waals surface area contributed by atoms with E-state index in [9.17, 15) is 4.79 Å². The van der Waals surface area contributed by atoms with E-state index in [0.29, 0.717) is 11.5 Å². The van der Waals surface area contributed by atoms with Gasteiger partial charge in [0.25, 0.3) is 0 Å². The molecule has 0 radical (unpaired) electrons. The van der Waals surface area contributed by atoms with Crippen molar-refractivity contribution >= 4 is 17.3 Å². The van der Waals surface area contributed by atoms with Gasteiger partial charge in [0.15, 0.2) is 11.5 Å². The first kappa shape index (κ1) is 8.40. The zero-order valence-electron chi connectivity index (χ0n) is 8.16. The van der Waals surface area contributed by atoms with Crippen LogP contribution in [0.1, 0.15) is 6.92 Å². The minimum Gasteiger partial charge on any atom is -0.454 e. The van der Waals surface area contributed by atoms with Gasteiger partial charge < -0.3 is 20.1 Å². The molecular weight excluding hydrogens is 196 g/mol. The number of hydrogen-bond acceptors (Lipinski definition) is 4. The summed E-state index contributed by atoms with van der Waals surface area (Å²) in [5, 5.41) is 5.89. The highest BCUT2D eigenvalue weighted by atomic mass is 16.7. The van der Waals surface area contributed by atoms with Gasteiger partial charge in [-0.1, -0.05) is 0 Å². The molecule has 2 aliphatic heterocycles. The zero-order chi connectivity index (χ0) is 10.4. The van der Waals surface area contributed by atoms with Crippen LogP contribution in [0.3, 0.4) is 0 Å². The zero-order valence-corrected chi connectivity index (χ0v) is 8.16. The van der Waals surface area contributed by atoms with Crippen LogP contribution in [-0.2, 0) is 4.79 Å². The second kappa shape index (κ2) is 2.79. The molecule has 2 aliphatic rings. The maximum Gasteiger partial charge on any atom is 0.246 e. The van der Waals surface area contributed by atoms with Gasteiger partial charge in [-0.2, -0.15) is 0 Å². The Bertz CT molecular complexity index is 445. The molecule has 0 saturated heterocycles. The average molecular weight is 206 g/mol. The Morgan fingerprint density at radius 2 is 1.93 bits per heavy atom. The number of nitrogens with one attached hydrogen (secondary N) is 2. The van der Waals surface area contributed by atoms with Crippen molar-refractivity contribution in [2.75, 3.05) is 17.4 Å². The molecular formula is C10H10N2O3. The van der Waals surface area contributed by atoms with Gasteiger partial charge in [-0.3, -0.25) is 4.79 Å². The Labute approximate surface area is 86.4 Å². The molecule has 1 aromatic rings. The number of anilines is 2. The maximum absolute atomic E-state index is 11.4. The van der Waals surface area contributed by atoms with E-state index in [2.05, 4.69) is 10.6 Å². The molecule has 5 heteroatoms. The second-order valence-electron chi connectivity index (χ2n) is 3.61. The summed E-state index contributed by atoms with van der Waals surface area (Å²) < 4.78 is 10.5. The maximum atomic E-state index is 11.4. The number of carbonyl (C=O) groups is 1. The fourth-order valence-electron chi connectivity index (χ4n) is 1.70. The van der Waals surface area contributed by atoms with Crippen molar-refractivity contribution in [3.8, 4) is 11.5 Å². The molecule has 5 nitrogen and oxygen atoms in total. The number of rotatable bonds is 0. The van der Waals surface area contributed by atoms with Crippen molar-refractivity contribution in [2.24, 2.45) is 0 Å². The molecule has 0 fully saturated rings. The molecule has 1 aromatic carbocycles. The van der Waals surface area contributed by atoms with Crippen molar-refractivity contribution < 1.29 is 14.3 Å². The van der Waals surface area contributed by atoms with E-state index in [1.807, 2.05) is 13.0 Å². The molecule has 1 atom stereocenters. The van der Waals surface area contributed by atoms with Gasteiger partial charge in [0.1, 0.15) is 6.04 Å². The number of hydrogen-bond donors (Lipinski definition) is 2. The highest BCUT2D eigenvalue weighted by Crippen LogP contribution is 2.40. The van der Waals surface area contributed by atoms with Crippen LogP contribution in [0.2, 0.25) is 0 Å². The third kappa shape index (κ3) is 1.20. The predicted octanol–water partition coefficient (Wildman–Crippen LogP) is 1.17. The average Bonchev–Trinajstić information content (AvgIpc) is 2.63. The first-order chi connectivity index (χ1) is 7.24. The van der Waals surface area contributed by atoms with Gasteiger partial charge in [0.2, 0.25) is 12.7 Å². The van der Waals surface area contributed by atoms with Crippen LogP contribution in [0.25, 0.3) is 0 Å². The Morgan fingerprint density at radius 1 is 1.27 bits per heavy atom. The standard InChI is InChI=1S/C10H10N2O3/c1-5-10(13)12-7-3-9-8(14-4-15-9)2-6(7)11-5/h2-3,5,11H,4H2,1H3,(H,12,13)/t5-/m0/s1. The Kier molecular flexibility index (Phi) is 1.56. The molecule has 2 N–H and O–H groups in total. The van der Waals surface area contributed by atoms with Crippen LogP contribution < -0.4 is 20.1 Å². The predicted molar refractivity (Wildman–Crippen MR) is 54.3 cm³/mol. The van der Waals surface area contributed by atoms with Gasteiger partial charge in [-0.15, -0.1) is 0 Å². The normalized spacial score (nSPS) is 21.7. The summed E-state index contributed by atoms with van der Waals surface area (Å²) in [6.45, 7) is 2.05. The van der Waals surface area contributed by atoms with Crippen molar-refractivity contribution in [3.05, 3.63) is 12.1 Å².